The third-order valence-corrected chi connectivity index (χ3v) is 3.26. The third-order valence-electron chi connectivity index (χ3n) is 2.62. The lowest BCUT2D eigenvalue weighted by molar-refractivity contribution is 0.477. The number of aromatic nitrogens is 2. The van der Waals surface area contributed by atoms with Crippen LogP contribution in [0.4, 0.5) is 0 Å². The van der Waals surface area contributed by atoms with Crippen molar-refractivity contribution in [2.24, 2.45) is 0 Å². The Balaban J connectivity index is 2.26. The molecule has 4 heteroatoms. The van der Waals surface area contributed by atoms with E-state index in [0.717, 1.165) is 15.5 Å². The van der Waals surface area contributed by atoms with Crippen LogP contribution in [-0.4, -0.2) is 15.1 Å². The van der Waals surface area contributed by atoms with Crippen LogP contribution in [0.5, 0.6) is 5.75 Å². The molecule has 3 rings (SSSR count). The average Bonchev–Trinajstić information content (AvgIpc) is 2.75. The van der Waals surface area contributed by atoms with Crippen LogP contribution in [0.2, 0.25) is 0 Å². The van der Waals surface area contributed by atoms with Gasteiger partial charge < -0.3 is 10.1 Å². The average molecular weight is 289 g/mol. The maximum atomic E-state index is 9.79. The van der Waals surface area contributed by atoms with Crippen LogP contribution in [0.15, 0.2) is 46.9 Å². The van der Waals surface area contributed by atoms with Crippen LogP contribution in [0, 0.1) is 0 Å². The third kappa shape index (κ3) is 1.70. The summed E-state index contributed by atoms with van der Waals surface area (Å²) in [5.74, 6) is 0.896. The van der Waals surface area contributed by atoms with Crippen LogP contribution < -0.4 is 0 Å². The summed E-state index contributed by atoms with van der Waals surface area (Å²) in [6.45, 7) is 0. The molecule has 0 fully saturated rings. The molecule has 3 aromatic rings. The first-order valence-electron chi connectivity index (χ1n) is 5.18. The summed E-state index contributed by atoms with van der Waals surface area (Å²) in [6, 6.07) is 13.0. The maximum Gasteiger partial charge on any atom is 0.142 e. The highest BCUT2D eigenvalue weighted by Crippen LogP contribution is 2.30. The summed E-state index contributed by atoms with van der Waals surface area (Å²) in [7, 11) is 0. The number of nitrogens with one attached hydrogen (secondary N) is 1. The zero-order valence-electron chi connectivity index (χ0n) is 8.81. The molecule has 1 heterocycles. The van der Waals surface area contributed by atoms with Crippen molar-refractivity contribution >= 4 is 27.0 Å². The van der Waals surface area contributed by atoms with E-state index in [4.69, 9.17) is 0 Å². The van der Waals surface area contributed by atoms with Crippen molar-refractivity contribution in [2.75, 3.05) is 0 Å². The Morgan fingerprint density at radius 3 is 2.65 bits per heavy atom. The predicted octanol–water partition coefficient (Wildman–Crippen LogP) is 3.70. The number of aromatic amines is 1. The van der Waals surface area contributed by atoms with E-state index < -0.39 is 0 Å². The second kappa shape index (κ2) is 3.89. The molecular formula is C13H9BrN2O. The molecule has 1 aromatic heterocycles. The molecule has 0 radical (unpaired) electrons. The summed E-state index contributed by atoms with van der Waals surface area (Å²) < 4.78 is 0.938. The van der Waals surface area contributed by atoms with Gasteiger partial charge in [0.2, 0.25) is 0 Å². The van der Waals surface area contributed by atoms with E-state index in [9.17, 15) is 5.11 Å². The van der Waals surface area contributed by atoms with Gasteiger partial charge in [-0.1, -0.05) is 18.2 Å². The van der Waals surface area contributed by atoms with Crippen molar-refractivity contribution in [2.45, 2.75) is 0 Å². The number of imidazole rings is 1. The largest absolute Gasteiger partial charge is 0.507 e. The first-order valence-corrected chi connectivity index (χ1v) is 5.97. The minimum atomic E-state index is 0.225. The molecule has 0 unspecified atom stereocenters. The van der Waals surface area contributed by atoms with Crippen molar-refractivity contribution < 1.29 is 5.11 Å². The van der Waals surface area contributed by atoms with Crippen LogP contribution >= 0.6 is 15.9 Å². The van der Waals surface area contributed by atoms with E-state index in [1.165, 1.54) is 0 Å². The lowest BCUT2D eigenvalue weighted by Crippen LogP contribution is -1.80. The highest BCUT2D eigenvalue weighted by molar-refractivity contribution is 9.10. The second-order valence-corrected chi connectivity index (χ2v) is 4.59. The summed E-state index contributed by atoms with van der Waals surface area (Å²) in [5, 5.41) is 9.79. The molecule has 0 aliphatic carbocycles. The fraction of sp³-hybridized carbons (Fsp3) is 0. The van der Waals surface area contributed by atoms with Gasteiger partial charge in [-0.15, -0.1) is 0 Å². The number of halogens is 1. The van der Waals surface area contributed by atoms with Crippen LogP contribution in [0.1, 0.15) is 0 Å². The van der Waals surface area contributed by atoms with E-state index in [-0.39, 0.29) is 5.75 Å². The maximum absolute atomic E-state index is 9.79. The van der Waals surface area contributed by atoms with Gasteiger partial charge in [-0.25, -0.2) is 4.98 Å². The number of benzene rings is 2. The van der Waals surface area contributed by atoms with Crippen LogP contribution in [-0.2, 0) is 0 Å². The molecule has 3 nitrogen and oxygen atoms in total. The van der Waals surface area contributed by atoms with Crippen LogP contribution in [0.25, 0.3) is 22.4 Å². The summed E-state index contributed by atoms with van der Waals surface area (Å²) in [6.07, 6.45) is 0. The Kier molecular flexibility index (Phi) is 2.37. The Labute approximate surface area is 106 Å². The Bertz CT molecular complexity index is 691. The lowest BCUT2D eigenvalue weighted by atomic mass is 10.2. The van der Waals surface area contributed by atoms with Crippen molar-refractivity contribution in [3.8, 4) is 17.1 Å². The number of H-pyrrole nitrogens is 1. The number of phenols is 1. The normalized spacial score (nSPS) is 10.9. The monoisotopic (exact) mass is 288 g/mol. The van der Waals surface area contributed by atoms with E-state index in [2.05, 4.69) is 25.9 Å². The molecule has 0 saturated carbocycles. The summed E-state index contributed by atoms with van der Waals surface area (Å²) in [5.41, 5.74) is 2.51. The molecule has 2 N–H and O–H groups in total. The quantitative estimate of drug-likeness (QED) is 0.717. The van der Waals surface area contributed by atoms with E-state index in [0.29, 0.717) is 11.4 Å². The number of hydrogen-bond acceptors (Lipinski definition) is 2. The van der Waals surface area contributed by atoms with Gasteiger partial charge in [-0.3, -0.25) is 0 Å². The molecule has 0 aliphatic rings. The van der Waals surface area contributed by atoms with E-state index in [1.807, 2.05) is 30.3 Å². The molecule has 0 amide bonds. The number of rotatable bonds is 1. The first-order chi connectivity index (χ1) is 8.25. The summed E-state index contributed by atoms with van der Waals surface area (Å²) >= 11 is 3.46. The van der Waals surface area contributed by atoms with Gasteiger partial charge in [0.15, 0.2) is 0 Å². The Morgan fingerprint density at radius 2 is 1.88 bits per heavy atom. The molecule has 0 aliphatic heterocycles. The number of aromatic hydroxyl groups is 1. The van der Waals surface area contributed by atoms with Gasteiger partial charge in [0.25, 0.3) is 0 Å². The highest BCUT2D eigenvalue weighted by atomic mass is 79.9. The Hall–Kier alpha value is -1.81. The van der Waals surface area contributed by atoms with Crippen molar-refractivity contribution in [3.63, 3.8) is 0 Å². The predicted molar refractivity (Wildman–Crippen MR) is 70.9 cm³/mol. The minimum absolute atomic E-state index is 0.225. The number of hydrogen-bond donors (Lipinski definition) is 2. The first kappa shape index (κ1) is 10.4. The number of fused-ring (bicyclic) bond motifs is 1. The zero-order valence-corrected chi connectivity index (χ0v) is 10.4. The lowest BCUT2D eigenvalue weighted by Gasteiger charge is -1.98. The van der Waals surface area contributed by atoms with Gasteiger partial charge in [-0.05, 0) is 40.2 Å². The second-order valence-electron chi connectivity index (χ2n) is 3.74. The molecule has 0 saturated heterocycles. The van der Waals surface area contributed by atoms with Gasteiger partial charge >= 0.3 is 0 Å². The molecule has 2 aromatic carbocycles. The molecular weight excluding hydrogens is 280 g/mol. The minimum Gasteiger partial charge on any atom is -0.507 e. The van der Waals surface area contributed by atoms with Gasteiger partial charge in [0, 0.05) is 4.47 Å². The number of nitrogens with zero attached hydrogens (tertiary/aromatic N) is 1. The fourth-order valence-corrected chi connectivity index (χ4v) is 2.25. The fourth-order valence-electron chi connectivity index (χ4n) is 1.80. The molecule has 84 valence electrons. The standard InChI is InChI=1S/C13H9BrN2O/c14-9-5-3-6-10-12(9)16-13(15-10)8-4-1-2-7-11(8)17/h1-7,17H,(H,15,16). The highest BCUT2D eigenvalue weighted by Gasteiger charge is 2.09. The summed E-state index contributed by atoms with van der Waals surface area (Å²) in [4.78, 5) is 7.67. The molecule has 0 bridgehead atoms. The van der Waals surface area contributed by atoms with Crippen molar-refractivity contribution in [1.29, 1.82) is 0 Å². The van der Waals surface area contributed by atoms with E-state index in [1.54, 1.807) is 12.1 Å². The van der Waals surface area contributed by atoms with Gasteiger partial charge in [0.05, 0.1) is 11.1 Å². The SMILES string of the molecule is Oc1ccccc1-c1nc2c(Br)cccc2[nH]1. The van der Waals surface area contributed by atoms with Crippen molar-refractivity contribution in [1.82, 2.24) is 9.97 Å². The van der Waals surface area contributed by atoms with Gasteiger partial charge in [0.1, 0.15) is 17.1 Å². The van der Waals surface area contributed by atoms with E-state index >= 15 is 0 Å². The zero-order chi connectivity index (χ0) is 11.8. The number of phenolic OH excluding ortho intramolecular Hbond substituents is 1. The van der Waals surface area contributed by atoms with Crippen LogP contribution in [0.3, 0.4) is 0 Å². The Morgan fingerprint density at radius 1 is 1.06 bits per heavy atom. The molecule has 0 atom stereocenters. The van der Waals surface area contributed by atoms with Crippen molar-refractivity contribution in [3.05, 3.63) is 46.9 Å². The smallest absolute Gasteiger partial charge is 0.142 e. The molecule has 17 heavy (non-hydrogen) atoms. The number of para-hydroxylation sites is 2. The van der Waals surface area contributed by atoms with Gasteiger partial charge in [-0.2, -0.15) is 0 Å². The topological polar surface area (TPSA) is 48.9 Å². The molecule has 0 spiro atoms.